The van der Waals surface area contributed by atoms with Gasteiger partial charge in [-0.15, -0.1) is 0 Å². The van der Waals surface area contributed by atoms with Crippen molar-refractivity contribution >= 4 is 16.8 Å². The van der Waals surface area contributed by atoms with Crippen molar-refractivity contribution in [1.29, 1.82) is 0 Å². The number of nitrogens with two attached hydrogens (primary N) is 1. The van der Waals surface area contributed by atoms with Gasteiger partial charge in [-0.05, 0) is 30.9 Å². The second-order valence-corrected chi connectivity index (χ2v) is 5.69. The van der Waals surface area contributed by atoms with E-state index in [9.17, 15) is 15.0 Å². The zero-order valence-electron chi connectivity index (χ0n) is 11.5. The van der Waals surface area contributed by atoms with Crippen LogP contribution in [-0.2, 0) is 11.2 Å². The zero-order chi connectivity index (χ0) is 15.0. The molecule has 0 saturated heterocycles. The van der Waals surface area contributed by atoms with Gasteiger partial charge < -0.3 is 26.2 Å². The number of aromatic amines is 1. The van der Waals surface area contributed by atoms with Gasteiger partial charge in [-0.1, -0.05) is 18.2 Å². The number of aliphatic hydroxyl groups is 2. The van der Waals surface area contributed by atoms with Gasteiger partial charge in [0.25, 0.3) is 0 Å². The molecule has 1 amide bonds. The number of fused-ring (bicyclic) bond motifs is 1. The van der Waals surface area contributed by atoms with E-state index in [4.69, 9.17) is 5.73 Å². The second-order valence-electron chi connectivity index (χ2n) is 5.69. The summed E-state index contributed by atoms with van der Waals surface area (Å²) in [5, 5.41) is 22.2. The molecule has 112 valence electrons. The minimum absolute atomic E-state index is 0.356. The molecular weight excluding hydrogens is 270 g/mol. The van der Waals surface area contributed by atoms with Crippen LogP contribution in [0, 0.1) is 0 Å². The molecule has 6 nitrogen and oxygen atoms in total. The Kier molecular flexibility index (Phi) is 3.44. The Morgan fingerprint density at radius 3 is 2.76 bits per heavy atom. The first kappa shape index (κ1) is 14.1. The lowest BCUT2D eigenvalue weighted by atomic mass is 10.0. The minimum Gasteiger partial charge on any atom is -0.366 e. The highest BCUT2D eigenvalue weighted by Crippen LogP contribution is 2.37. The van der Waals surface area contributed by atoms with E-state index < -0.39 is 17.9 Å². The van der Waals surface area contributed by atoms with Gasteiger partial charge in [-0.2, -0.15) is 0 Å². The monoisotopic (exact) mass is 289 g/mol. The number of para-hydroxylation sites is 1. The number of nitrogens with one attached hydrogen (secondary N) is 2. The van der Waals surface area contributed by atoms with Crippen LogP contribution in [0.25, 0.3) is 10.9 Å². The highest BCUT2D eigenvalue weighted by molar-refractivity contribution is 5.86. The van der Waals surface area contributed by atoms with E-state index in [1.165, 1.54) is 0 Å². The Bertz CT molecular complexity index is 661. The Balaban J connectivity index is 1.69. The fraction of sp³-hybridized carbons (Fsp3) is 0.400. The van der Waals surface area contributed by atoms with Gasteiger partial charge in [0.15, 0.2) is 6.29 Å². The van der Waals surface area contributed by atoms with E-state index >= 15 is 0 Å². The molecule has 1 aliphatic carbocycles. The van der Waals surface area contributed by atoms with Crippen LogP contribution >= 0.6 is 0 Å². The van der Waals surface area contributed by atoms with Gasteiger partial charge in [0, 0.05) is 17.1 Å². The van der Waals surface area contributed by atoms with Crippen LogP contribution in [-0.4, -0.2) is 39.0 Å². The molecular formula is C15H19N3O3. The van der Waals surface area contributed by atoms with E-state index in [2.05, 4.69) is 10.3 Å². The average molecular weight is 289 g/mol. The lowest BCUT2D eigenvalue weighted by Crippen LogP contribution is -2.52. The molecule has 1 fully saturated rings. The number of benzene rings is 1. The molecule has 6 heteroatoms. The summed E-state index contributed by atoms with van der Waals surface area (Å²) >= 11 is 0. The number of hydrogen-bond donors (Lipinski definition) is 5. The molecule has 1 aliphatic rings. The largest absolute Gasteiger partial charge is 0.366 e. The SMILES string of the molecule is N[C@H](Cc1c[nH]c2ccccc12)C(=O)NC1(C(O)O)CC1. The van der Waals surface area contributed by atoms with Crippen LogP contribution in [0.5, 0.6) is 0 Å². The third kappa shape index (κ3) is 2.65. The van der Waals surface area contributed by atoms with Crippen molar-refractivity contribution in [3.63, 3.8) is 0 Å². The van der Waals surface area contributed by atoms with Crippen molar-refractivity contribution < 1.29 is 15.0 Å². The Morgan fingerprint density at radius 1 is 1.38 bits per heavy atom. The summed E-state index contributed by atoms with van der Waals surface area (Å²) in [7, 11) is 0. The molecule has 1 saturated carbocycles. The van der Waals surface area contributed by atoms with Gasteiger partial charge in [-0.3, -0.25) is 4.79 Å². The molecule has 6 N–H and O–H groups in total. The summed E-state index contributed by atoms with van der Waals surface area (Å²) in [5.41, 5.74) is 7.03. The maximum atomic E-state index is 12.1. The molecule has 21 heavy (non-hydrogen) atoms. The van der Waals surface area contributed by atoms with Crippen molar-refractivity contribution in [2.24, 2.45) is 5.73 Å². The first-order valence-corrected chi connectivity index (χ1v) is 7.00. The van der Waals surface area contributed by atoms with Crippen LogP contribution in [0.1, 0.15) is 18.4 Å². The molecule has 0 unspecified atom stereocenters. The molecule has 1 aromatic heterocycles. The van der Waals surface area contributed by atoms with Crippen molar-refractivity contribution in [2.75, 3.05) is 0 Å². The second kappa shape index (κ2) is 5.14. The first-order chi connectivity index (χ1) is 10.0. The average Bonchev–Trinajstić information content (AvgIpc) is 3.14. The Labute approximate surface area is 122 Å². The zero-order valence-corrected chi connectivity index (χ0v) is 11.5. The Morgan fingerprint density at radius 2 is 2.10 bits per heavy atom. The highest BCUT2D eigenvalue weighted by Gasteiger charge is 2.50. The summed E-state index contributed by atoms with van der Waals surface area (Å²) in [5.74, 6) is -0.356. The number of aromatic nitrogens is 1. The molecule has 1 atom stereocenters. The van der Waals surface area contributed by atoms with Crippen molar-refractivity contribution in [2.45, 2.75) is 37.1 Å². The van der Waals surface area contributed by atoms with Gasteiger partial charge in [0.1, 0.15) is 0 Å². The number of rotatable bonds is 5. The predicted octanol–water partition coefficient (Wildman–Crippen LogP) is -0.00280. The quantitative estimate of drug-likeness (QED) is 0.499. The number of carbonyl (C=O) groups excluding carboxylic acids is 1. The molecule has 1 heterocycles. The van der Waals surface area contributed by atoms with E-state index in [1.54, 1.807) is 0 Å². The van der Waals surface area contributed by atoms with E-state index in [1.807, 2.05) is 30.5 Å². The van der Waals surface area contributed by atoms with Crippen molar-refractivity contribution in [1.82, 2.24) is 10.3 Å². The van der Waals surface area contributed by atoms with Gasteiger partial charge in [-0.25, -0.2) is 0 Å². The minimum atomic E-state index is -1.54. The maximum absolute atomic E-state index is 12.1. The third-order valence-corrected chi connectivity index (χ3v) is 4.11. The lowest BCUT2D eigenvalue weighted by Gasteiger charge is -2.21. The summed E-state index contributed by atoms with van der Waals surface area (Å²) < 4.78 is 0. The molecule has 0 spiro atoms. The molecule has 1 aromatic carbocycles. The number of H-pyrrole nitrogens is 1. The van der Waals surface area contributed by atoms with Crippen LogP contribution < -0.4 is 11.1 Å². The fourth-order valence-electron chi connectivity index (χ4n) is 2.55. The summed E-state index contributed by atoms with van der Waals surface area (Å²) in [6, 6.07) is 7.10. The van der Waals surface area contributed by atoms with Crippen LogP contribution in [0.2, 0.25) is 0 Å². The summed E-state index contributed by atoms with van der Waals surface area (Å²) in [6.07, 6.45) is 1.84. The standard InChI is InChI=1S/C15H19N3O3/c16-11(13(19)18-15(5-6-15)14(20)21)7-9-8-17-12-4-2-1-3-10(9)12/h1-4,8,11,14,17,20-21H,5-7,16H2,(H,18,19)/t11-/m1/s1. The summed E-state index contributed by atoms with van der Waals surface area (Å²) in [6.45, 7) is 0. The van der Waals surface area contributed by atoms with Crippen LogP contribution in [0.3, 0.4) is 0 Å². The molecule has 0 radical (unpaired) electrons. The van der Waals surface area contributed by atoms with Crippen LogP contribution in [0.4, 0.5) is 0 Å². The fourth-order valence-corrected chi connectivity index (χ4v) is 2.55. The number of aliphatic hydroxyl groups excluding tert-OH is 1. The van der Waals surface area contributed by atoms with Gasteiger partial charge >= 0.3 is 0 Å². The smallest absolute Gasteiger partial charge is 0.237 e. The molecule has 3 rings (SSSR count). The predicted molar refractivity (Wildman–Crippen MR) is 78.3 cm³/mol. The van der Waals surface area contributed by atoms with E-state index in [0.29, 0.717) is 19.3 Å². The molecule has 2 aromatic rings. The number of amides is 1. The Hall–Kier alpha value is -1.89. The van der Waals surface area contributed by atoms with Gasteiger partial charge in [0.2, 0.25) is 5.91 Å². The van der Waals surface area contributed by atoms with E-state index in [-0.39, 0.29) is 5.91 Å². The van der Waals surface area contributed by atoms with Crippen LogP contribution in [0.15, 0.2) is 30.5 Å². The maximum Gasteiger partial charge on any atom is 0.237 e. The first-order valence-electron chi connectivity index (χ1n) is 7.00. The third-order valence-electron chi connectivity index (χ3n) is 4.11. The van der Waals surface area contributed by atoms with Gasteiger partial charge in [0.05, 0.1) is 11.6 Å². The van der Waals surface area contributed by atoms with Crippen molar-refractivity contribution in [3.05, 3.63) is 36.0 Å². The number of carbonyl (C=O) groups is 1. The number of hydrogen-bond acceptors (Lipinski definition) is 4. The lowest BCUT2D eigenvalue weighted by molar-refractivity contribution is -0.129. The highest BCUT2D eigenvalue weighted by atomic mass is 16.5. The molecule has 0 aliphatic heterocycles. The van der Waals surface area contributed by atoms with E-state index in [0.717, 1.165) is 16.5 Å². The normalized spacial score (nSPS) is 17.9. The topological polar surface area (TPSA) is 111 Å². The molecule has 0 bridgehead atoms. The van der Waals surface area contributed by atoms with Crippen molar-refractivity contribution in [3.8, 4) is 0 Å². The summed E-state index contributed by atoms with van der Waals surface area (Å²) in [4.78, 5) is 15.2.